The van der Waals surface area contributed by atoms with Gasteiger partial charge in [0.25, 0.3) is 0 Å². The van der Waals surface area contributed by atoms with Gasteiger partial charge in [0, 0.05) is 12.2 Å². The van der Waals surface area contributed by atoms with Gasteiger partial charge in [0.1, 0.15) is 6.04 Å². The first-order chi connectivity index (χ1) is 8.13. The van der Waals surface area contributed by atoms with E-state index < -0.39 is 0 Å². The first kappa shape index (κ1) is 13.6. The van der Waals surface area contributed by atoms with E-state index in [4.69, 9.17) is 0 Å². The zero-order valence-corrected chi connectivity index (χ0v) is 10.9. The molecule has 0 radical (unpaired) electrons. The van der Waals surface area contributed by atoms with Gasteiger partial charge in [-0.05, 0) is 38.0 Å². The van der Waals surface area contributed by atoms with Gasteiger partial charge >= 0.3 is 0 Å². The Morgan fingerprint density at radius 1 is 1.41 bits per heavy atom. The Morgan fingerprint density at radius 3 is 2.82 bits per heavy atom. The van der Waals surface area contributed by atoms with Crippen molar-refractivity contribution in [3.8, 4) is 0 Å². The first-order valence-corrected chi connectivity index (χ1v) is 6.24. The van der Waals surface area contributed by atoms with Gasteiger partial charge in [-0.25, -0.2) is 0 Å². The van der Waals surface area contributed by atoms with Crippen molar-refractivity contribution in [2.24, 2.45) is 0 Å². The highest BCUT2D eigenvalue weighted by atomic mass is 16.2. The molecule has 3 heteroatoms. The van der Waals surface area contributed by atoms with Crippen molar-refractivity contribution >= 4 is 11.6 Å². The van der Waals surface area contributed by atoms with Crippen LogP contribution in [0.4, 0.5) is 5.69 Å². The molecular formula is C14H22N2O. The number of rotatable bonds is 6. The molecule has 1 aromatic rings. The fraction of sp³-hybridized carbons (Fsp3) is 0.500. The lowest BCUT2D eigenvalue weighted by Crippen LogP contribution is -2.37. The van der Waals surface area contributed by atoms with Crippen LogP contribution in [0.15, 0.2) is 24.3 Å². The van der Waals surface area contributed by atoms with E-state index >= 15 is 0 Å². The van der Waals surface area contributed by atoms with Crippen molar-refractivity contribution in [3.63, 3.8) is 0 Å². The monoisotopic (exact) mass is 234 g/mol. The van der Waals surface area contributed by atoms with Crippen molar-refractivity contribution < 1.29 is 4.79 Å². The van der Waals surface area contributed by atoms with Gasteiger partial charge in [-0.15, -0.1) is 0 Å². The van der Waals surface area contributed by atoms with Crippen LogP contribution < -0.4 is 10.6 Å². The minimum absolute atomic E-state index is 0.0555. The van der Waals surface area contributed by atoms with Gasteiger partial charge in [-0.3, -0.25) is 4.79 Å². The molecule has 1 rings (SSSR count). The molecule has 1 unspecified atom stereocenters. The van der Waals surface area contributed by atoms with E-state index in [2.05, 4.69) is 17.6 Å². The van der Waals surface area contributed by atoms with Crippen LogP contribution in [0.5, 0.6) is 0 Å². The summed E-state index contributed by atoms with van der Waals surface area (Å²) in [5, 5.41) is 6.11. The Morgan fingerprint density at radius 2 is 2.18 bits per heavy atom. The molecule has 94 valence electrons. The SMILES string of the molecule is CCCCNC(=O)C(C)Nc1cccc(C)c1. The second-order valence-electron chi connectivity index (χ2n) is 4.38. The number of amides is 1. The van der Waals surface area contributed by atoms with Crippen LogP contribution >= 0.6 is 0 Å². The fourth-order valence-electron chi connectivity index (χ4n) is 1.59. The molecule has 0 spiro atoms. The summed E-state index contributed by atoms with van der Waals surface area (Å²) in [5.41, 5.74) is 2.18. The molecule has 0 aliphatic heterocycles. The number of benzene rings is 1. The van der Waals surface area contributed by atoms with Crippen LogP contribution in [0.1, 0.15) is 32.3 Å². The molecule has 3 nitrogen and oxygen atoms in total. The lowest BCUT2D eigenvalue weighted by Gasteiger charge is -2.15. The normalized spacial score (nSPS) is 11.9. The van der Waals surface area contributed by atoms with Crippen LogP contribution in [-0.2, 0) is 4.79 Å². The number of nitrogens with one attached hydrogen (secondary N) is 2. The van der Waals surface area contributed by atoms with Crippen LogP contribution in [-0.4, -0.2) is 18.5 Å². The largest absolute Gasteiger partial charge is 0.374 e. The Labute approximate surface area is 104 Å². The van der Waals surface area contributed by atoms with Gasteiger partial charge in [0.2, 0.25) is 5.91 Å². The Balaban J connectivity index is 2.43. The lowest BCUT2D eigenvalue weighted by atomic mass is 10.2. The predicted octanol–water partition coefficient (Wildman–Crippen LogP) is 2.71. The van der Waals surface area contributed by atoms with Crippen molar-refractivity contribution in [2.75, 3.05) is 11.9 Å². The molecule has 0 bridgehead atoms. The second-order valence-corrected chi connectivity index (χ2v) is 4.38. The molecule has 1 atom stereocenters. The topological polar surface area (TPSA) is 41.1 Å². The summed E-state index contributed by atoms with van der Waals surface area (Å²) in [4.78, 5) is 11.7. The van der Waals surface area contributed by atoms with E-state index in [-0.39, 0.29) is 11.9 Å². The summed E-state index contributed by atoms with van der Waals surface area (Å²) in [6.07, 6.45) is 2.13. The molecule has 0 heterocycles. The average molecular weight is 234 g/mol. The Hall–Kier alpha value is -1.51. The van der Waals surface area contributed by atoms with E-state index in [0.29, 0.717) is 0 Å². The third kappa shape index (κ3) is 4.89. The standard InChI is InChI=1S/C14H22N2O/c1-4-5-9-15-14(17)12(3)16-13-8-6-7-11(2)10-13/h6-8,10,12,16H,4-5,9H2,1-3H3,(H,15,17). The summed E-state index contributed by atoms with van der Waals surface area (Å²) in [6, 6.07) is 7.84. The van der Waals surface area contributed by atoms with Gasteiger partial charge < -0.3 is 10.6 Å². The molecule has 0 aliphatic rings. The molecule has 0 saturated heterocycles. The molecule has 2 N–H and O–H groups in total. The van der Waals surface area contributed by atoms with E-state index in [1.165, 1.54) is 5.56 Å². The maximum absolute atomic E-state index is 11.7. The molecule has 1 aromatic carbocycles. The zero-order chi connectivity index (χ0) is 12.7. The minimum atomic E-state index is -0.200. The zero-order valence-electron chi connectivity index (χ0n) is 10.9. The molecule has 17 heavy (non-hydrogen) atoms. The highest BCUT2D eigenvalue weighted by Gasteiger charge is 2.11. The summed E-state index contributed by atoms with van der Waals surface area (Å²) < 4.78 is 0. The molecule has 0 aliphatic carbocycles. The lowest BCUT2D eigenvalue weighted by molar-refractivity contribution is -0.121. The van der Waals surface area contributed by atoms with Gasteiger partial charge in [-0.2, -0.15) is 0 Å². The summed E-state index contributed by atoms with van der Waals surface area (Å²) in [5.74, 6) is 0.0555. The first-order valence-electron chi connectivity index (χ1n) is 6.24. The third-order valence-electron chi connectivity index (χ3n) is 2.62. The average Bonchev–Trinajstić information content (AvgIpc) is 2.29. The maximum Gasteiger partial charge on any atom is 0.242 e. The van der Waals surface area contributed by atoms with E-state index in [9.17, 15) is 4.79 Å². The van der Waals surface area contributed by atoms with Crippen LogP contribution in [0.2, 0.25) is 0 Å². The molecule has 1 amide bonds. The van der Waals surface area contributed by atoms with E-state index in [1.807, 2.05) is 38.1 Å². The second kappa shape index (κ2) is 6.94. The van der Waals surface area contributed by atoms with E-state index in [0.717, 1.165) is 25.1 Å². The van der Waals surface area contributed by atoms with Crippen molar-refractivity contribution in [2.45, 2.75) is 39.7 Å². The van der Waals surface area contributed by atoms with Crippen LogP contribution in [0.25, 0.3) is 0 Å². The smallest absolute Gasteiger partial charge is 0.242 e. The van der Waals surface area contributed by atoms with Crippen molar-refractivity contribution in [1.29, 1.82) is 0 Å². The molecule has 0 saturated carbocycles. The number of aryl methyl sites for hydroxylation is 1. The van der Waals surface area contributed by atoms with Crippen LogP contribution in [0, 0.1) is 6.92 Å². The third-order valence-corrected chi connectivity index (χ3v) is 2.62. The number of hydrogen-bond donors (Lipinski definition) is 2. The number of unbranched alkanes of at least 4 members (excludes halogenated alkanes) is 1. The van der Waals surface area contributed by atoms with Crippen molar-refractivity contribution in [1.82, 2.24) is 5.32 Å². The maximum atomic E-state index is 11.7. The molecule has 0 fully saturated rings. The van der Waals surface area contributed by atoms with E-state index in [1.54, 1.807) is 0 Å². The number of carbonyl (C=O) groups excluding carboxylic acids is 1. The van der Waals surface area contributed by atoms with Gasteiger partial charge in [0.15, 0.2) is 0 Å². The number of anilines is 1. The quantitative estimate of drug-likeness (QED) is 0.743. The van der Waals surface area contributed by atoms with Gasteiger partial charge in [0.05, 0.1) is 0 Å². The van der Waals surface area contributed by atoms with Crippen molar-refractivity contribution in [3.05, 3.63) is 29.8 Å². The molecule has 0 aromatic heterocycles. The Bertz CT molecular complexity index is 363. The summed E-state index contributed by atoms with van der Waals surface area (Å²) >= 11 is 0. The summed E-state index contributed by atoms with van der Waals surface area (Å²) in [7, 11) is 0. The van der Waals surface area contributed by atoms with Gasteiger partial charge in [-0.1, -0.05) is 25.5 Å². The predicted molar refractivity (Wildman–Crippen MR) is 72.2 cm³/mol. The number of hydrogen-bond acceptors (Lipinski definition) is 2. The number of carbonyl (C=O) groups is 1. The summed E-state index contributed by atoms with van der Waals surface area (Å²) in [6.45, 7) is 6.79. The highest BCUT2D eigenvalue weighted by Crippen LogP contribution is 2.10. The highest BCUT2D eigenvalue weighted by molar-refractivity contribution is 5.84. The minimum Gasteiger partial charge on any atom is -0.374 e. The Kier molecular flexibility index (Phi) is 5.53. The van der Waals surface area contributed by atoms with Crippen LogP contribution in [0.3, 0.4) is 0 Å². The molecular weight excluding hydrogens is 212 g/mol. The fourth-order valence-corrected chi connectivity index (χ4v) is 1.59.